The maximum Gasteiger partial charge on any atom is 0.409 e. The van der Waals surface area contributed by atoms with Crippen LogP contribution in [0.4, 0.5) is 4.79 Å². The van der Waals surface area contributed by atoms with Crippen molar-refractivity contribution in [2.75, 3.05) is 19.7 Å². The van der Waals surface area contributed by atoms with Gasteiger partial charge in [0.05, 0.1) is 5.54 Å². The highest BCUT2D eigenvalue weighted by Gasteiger charge is 2.29. The number of carbonyl (C=O) groups is 1. The number of hydrogen-bond donors (Lipinski definition) is 1. The molecule has 1 aliphatic carbocycles. The largest absolute Gasteiger partial charge is 0.447 e. The fraction of sp³-hybridized carbons (Fsp3) is 0.933. The van der Waals surface area contributed by atoms with Crippen molar-refractivity contribution < 1.29 is 9.53 Å². The normalized spacial score (nSPS) is 24.4. The molecule has 110 valence electrons. The van der Waals surface area contributed by atoms with Crippen LogP contribution >= 0.6 is 0 Å². The number of likely N-dealkylation sites (tertiary alicyclic amines) is 1. The monoisotopic (exact) mass is 268 g/mol. The van der Waals surface area contributed by atoms with Crippen molar-refractivity contribution in [2.24, 2.45) is 5.73 Å². The molecule has 4 nitrogen and oxygen atoms in total. The van der Waals surface area contributed by atoms with Crippen LogP contribution < -0.4 is 5.73 Å². The molecule has 0 aromatic carbocycles. The molecule has 1 heterocycles. The van der Waals surface area contributed by atoms with Gasteiger partial charge in [-0.05, 0) is 25.7 Å². The summed E-state index contributed by atoms with van der Waals surface area (Å²) in [5.41, 5.74) is 6.09. The van der Waals surface area contributed by atoms with Gasteiger partial charge < -0.3 is 15.4 Å². The Bertz CT molecular complexity index is 278. The summed E-state index contributed by atoms with van der Waals surface area (Å²) >= 11 is 0. The van der Waals surface area contributed by atoms with E-state index in [-0.39, 0.29) is 11.6 Å². The second-order valence-electron chi connectivity index (χ2n) is 6.23. The number of nitrogens with two attached hydrogens (primary N) is 1. The van der Waals surface area contributed by atoms with Gasteiger partial charge >= 0.3 is 6.09 Å². The van der Waals surface area contributed by atoms with Gasteiger partial charge in [0.2, 0.25) is 0 Å². The Hall–Kier alpha value is -0.770. The number of ether oxygens (including phenoxy) is 1. The van der Waals surface area contributed by atoms with E-state index in [0.717, 1.165) is 51.6 Å². The smallest absolute Gasteiger partial charge is 0.409 e. The molecule has 0 atom stereocenters. The highest BCUT2D eigenvalue weighted by molar-refractivity contribution is 5.67. The minimum Gasteiger partial charge on any atom is -0.447 e. The Labute approximate surface area is 116 Å². The fourth-order valence-corrected chi connectivity index (χ4v) is 3.13. The summed E-state index contributed by atoms with van der Waals surface area (Å²) in [4.78, 5) is 13.9. The quantitative estimate of drug-likeness (QED) is 0.783. The van der Waals surface area contributed by atoms with E-state index in [1.54, 1.807) is 0 Å². The molecule has 4 heteroatoms. The van der Waals surface area contributed by atoms with Crippen LogP contribution in [0.15, 0.2) is 0 Å². The maximum atomic E-state index is 12.1. The van der Waals surface area contributed by atoms with Crippen molar-refractivity contribution in [1.82, 2.24) is 4.90 Å². The van der Waals surface area contributed by atoms with Crippen LogP contribution in [0.2, 0.25) is 0 Å². The summed E-state index contributed by atoms with van der Waals surface area (Å²) in [5.74, 6) is 0. The highest BCUT2D eigenvalue weighted by Crippen LogP contribution is 2.25. The second kappa shape index (κ2) is 7.13. The summed E-state index contributed by atoms with van der Waals surface area (Å²) in [5, 5.41) is 0. The lowest BCUT2D eigenvalue weighted by atomic mass is 9.93. The number of carbonyl (C=O) groups excluding carboxylic acids is 1. The van der Waals surface area contributed by atoms with Gasteiger partial charge in [0.25, 0.3) is 0 Å². The van der Waals surface area contributed by atoms with E-state index in [0.29, 0.717) is 6.61 Å². The van der Waals surface area contributed by atoms with E-state index in [1.807, 2.05) is 4.90 Å². The van der Waals surface area contributed by atoms with Crippen LogP contribution in [0, 0.1) is 0 Å². The summed E-state index contributed by atoms with van der Waals surface area (Å²) in [7, 11) is 0. The van der Waals surface area contributed by atoms with Gasteiger partial charge in [0.1, 0.15) is 6.61 Å². The summed E-state index contributed by atoms with van der Waals surface area (Å²) < 4.78 is 5.50. The highest BCUT2D eigenvalue weighted by atomic mass is 16.6. The Morgan fingerprint density at radius 3 is 2.05 bits per heavy atom. The van der Waals surface area contributed by atoms with E-state index >= 15 is 0 Å². The zero-order chi connectivity index (χ0) is 13.6. The summed E-state index contributed by atoms with van der Waals surface area (Å²) in [6.07, 6.45) is 11.3. The summed E-state index contributed by atoms with van der Waals surface area (Å²) in [6, 6.07) is 0. The van der Waals surface area contributed by atoms with E-state index < -0.39 is 0 Å². The molecule has 0 unspecified atom stereocenters. The van der Waals surface area contributed by atoms with E-state index in [2.05, 4.69) is 0 Å². The van der Waals surface area contributed by atoms with Crippen LogP contribution in [0.5, 0.6) is 0 Å². The standard InChI is InChI=1S/C15H28N2O2/c16-15(9-5-1-2-6-10-15)13-19-14(18)17-11-7-3-4-8-12-17/h1-13,16H2. The van der Waals surface area contributed by atoms with Crippen LogP contribution in [-0.4, -0.2) is 36.2 Å². The Kier molecular flexibility index (Phi) is 5.49. The first-order valence-electron chi connectivity index (χ1n) is 7.90. The predicted molar refractivity (Wildman–Crippen MR) is 76.0 cm³/mol. The van der Waals surface area contributed by atoms with Gasteiger partial charge in [0.15, 0.2) is 0 Å². The maximum absolute atomic E-state index is 12.1. The predicted octanol–water partition coefficient (Wildman–Crippen LogP) is 3.05. The number of rotatable bonds is 2. The lowest BCUT2D eigenvalue weighted by Crippen LogP contribution is -2.46. The molecule has 0 aromatic rings. The molecular formula is C15H28N2O2. The van der Waals surface area contributed by atoms with Crippen LogP contribution in [0.3, 0.4) is 0 Å². The zero-order valence-electron chi connectivity index (χ0n) is 12.0. The van der Waals surface area contributed by atoms with E-state index in [4.69, 9.17) is 10.5 Å². The fourth-order valence-electron chi connectivity index (χ4n) is 3.13. The average molecular weight is 268 g/mol. The Morgan fingerprint density at radius 2 is 1.47 bits per heavy atom. The topological polar surface area (TPSA) is 55.6 Å². The molecule has 2 N–H and O–H groups in total. The van der Waals surface area contributed by atoms with Crippen LogP contribution in [0.25, 0.3) is 0 Å². The third-order valence-corrected chi connectivity index (χ3v) is 4.45. The van der Waals surface area contributed by atoms with Gasteiger partial charge in [-0.1, -0.05) is 38.5 Å². The Balaban J connectivity index is 1.78. The van der Waals surface area contributed by atoms with Crippen molar-refractivity contribution in [1.29, 1.82) is 0 Å². The SMILES string of the molecule is NC1(COC(=O)N2CCCCCC2)CCCCCC1. The zero-order valence-corrected chi connectivity index (χ0v) is 12.0. The molecule has 0 spiro atoms. The molecular weight excluding hydrogens is 240 g/mol. The minimum absolute atomic E-state index is 0.157. The molecule has 0 aromatic heterocycles. The molecule has 0 radical (unpaired) electrons. The number of amides is 1. The molecule has 1 amide bonds. The van der Waals surface area contributed by atoms with Gasteiger partial charge in [-0.3, -0.25) is 0 Å². The van der Waals surface area contributed by atoms with Crippen molar-refractivity contribution >= 4 is 6.09 Å². The second-order valence-corrected chi connectivity index (χ2v) is 6.23. The third kappa shape index (κ3) is 4.68. The van der Waals surface area contributed by atoms with Crippen molar-refractivity contribution in [3.8, 4) is 0 Å². The lowest BCUT2D eigenvalue weighted by Gasteiger charge is -2.29. The first-order chi connectivity index (χ1) is 9.20. The average Bonchev–Trinajstić information content (AvgIpc) is 2.79. The number of nitrogens with zero attached hydrogens (tertiary/aromatic N) is 1. The van der Waals surface area contributed by atoms with Gasteiger partial charge in [-0.25, -0.2) is 4.79 Å². The minimum atomic E-state index is -0.280. The van der Waals surface area contributed by atoms with E-state index in [9.17, 15) is 4.79 Å². The van der Waals surface area contributed by atoms with E-state index in [1.165, 1.54) is 25.7 Å². The molecule has 19 heavy (non-hydrogen) atoms. The molecule has 2 fully saturated rings. The molecule has 0 bridgehead atoms. The summed E-state index contributed by atoms with van der Waals surface area (Å²) in [6.45, 7) is 2.08. The van der Waals surface area contributed by atoms with Crippen molar-refractivity contribution in [3.05, 3.63) is 0 Å². The van der Waals surface area contributed by atoms with Gasteiger partial charge in [-0.2, -0.15) is 0 Å². The molecule has 2 rings (SSSR count). The molecule has 1 saturated carbocycles. The molecule has 1 aliphatic heterocycles. The van der Waals surface area contributed by atoms with Crippen LogP contribution in [0.1, 0.15) is 64.2 Å². The first-order valence-corrected chi connectivity index (χ1v) is 7.90. The molecule has 1 saturated heterocycles. The van der Waals surface area contributed by atoms with Gasteiger partial charge in [0, 0.05) is 13.1 Å². The lowest BCUT2D eigenvalue weighted by molar-refractivity contribution is 0.0770. The molecule has 2 aliphatic rings. The van der Waals surface area contributed by atoms with Gasteiger partial charge in [-0.15, -0.1) is 0 Å². The third-order valence-electron chi connectivity index (χ3n) is 4.45. The van der Waals surface area contributed by atoms with Crippen molar-refractivity contribution in [3.63, 3.8) is 0 Å². The van der Waals surface area contributed by atoms with Crippen LogP contribution in [-0.2, 0) is 4.74 Å². The van der Waals surface area contributed by atoms with Crippen molar-refractivity contribution in [2.45, 2.75) is 69.7 Å². The number of hydrogen-bond acceptors (Lipinski definition) is 3. The Morgan fingerprint density at radius 1 is 0.947 bits per heavy atom. The first kappa shape index (κ1) is 14.6.